The number of halogens is 1. The van der Waals surface area contributed by atoms with Gasteiger partial charge in [-0.3, -0.25) is 28.2 Å². The minimum absolute atomic E-state index is 0.204. The third kappa shape index (κ3) is 7.62. The van der Waals surface area contributed by atoms with Crippen molar-refractivity contribution in [3.05, 3.63) is 62.9 Å². The maximum Gasteiger partial charge on any atom is 0.406 e. The third-order valence-electron chi connectivity index (χ3n) is 5.85. The first kappa shape index (κ1) is 30.7. The number of nitrogens with one attached hydrogen (secondary N) is 2. The Morgan fingerprint density at radius 3 is 2.49 bits per heavy atom. The van der Waals surface area contributed by atoms with Gasteiger partial charge in [0.1, 0.15) is 24.0 Å². The summed E-state index contributed by atoms with van der Waals surface area (Å²) in [6.45, 7) is 4.87. The standard InChI is InChI=1S/C24H33FN3O10P/c1-14(2)37-21(31)15(3)27-39(33,35-12-16-6-8-17(34-5)9-7-16)36-13-18-20(30)24(4,25)22(38-18)28-11-10-19(29)26-23(28)32/h6-11,14-15,18,20,22,30H,12-13H2,1-5H3,(H,27,33)(H,26,29,32)/t15-,18+,20+,22+,24+,39?/m0/s1. The number of carbonyl (C=O) groups is 1. The summed E-state index contributed by atoms with van der Waals surface area (Å²) in [6.07, 6.45) is -4.25. The Morgan fingerprint density at radius 1 is 1.23 bits per heavy atom. The fraction of sp³-hybridized carbons (Fsp3) is 0.542. The SMILES string of the molecule is COc1ccc(COP(=O)(N[C@@H](C)C(=O)OC(C)C)OC[C@H]2O[C@@H](n3ccc(=O)[nH]c3=O)[C@](C)(F)[C@@H]2O)cc1. The molecule has 3 N–H and O–H groups in total. The zero-order valence-electron chi connectivity index (χ0n) is 22.2. The molecule has 1 saturated heterocycles. The fourth-order valence-electron chi connectivity index (χ4n) is 3.75. The van der Waals surface area contributed by atoms with Crippen LogP contribution in [-0.2, 0) is 34.5 Å². The number of ether oxygens (including phenoxy) is 3. The molecule has 3 rings (SSSR count). The lowest BCUT2D eigenvalue weighted by atomic mass is 9.98. The molecule has 216 valence electrons. The van der Waals surface area contributed by atoms with E-state index in [-0.39, 0.29) is 6.61 Å². The van der Waals surface area contributed by atoms with Gasteiger partial charge in [0.25, 0.3) is 5.56 Å². The van der Waals surface area contributed by atoms with Gasteiger partial charge in [-0.15, -0.1) is 0 Å². The molecule has 1 aromatic carbocycles. The Bertz CT molecular complexity index is 1300. The highest BCUT2D eigenvalue weighted by atomic mass is 31.2. The first-order valence-corrected chi connectivity index (χ1v) is 13.6. The minimum atomic E-state index is -4.30. The van der Waals surface area contributed by atoms with Crippen molar-refractivity contribution in [2.24, 2.45) is 0 Å². The summed E-state index contributed by atoms with van der Waals surface area (Å²) >= 11 is 0. The number of aromatic amines is 1. The number of rotatable bonds is 12. The Balaban J connectivity index is 1.77. The molecule has 13 nitrogen and oxygen atoms in total. The molecule has 0 amide bonds. The van der Waals surface area contributed by atoms with Crippen LogP contribution in [0.3, 0.4) is 0 Å². The molecule has 1 aliphatic rings. The van der Waals surface area contributed by atoms with Gasteiger partial charge in [0.15, 0.2) is 11.9 Å². The van der Waals surface area contributed by atoms with E-state index in [0.717, 1.165) is 23.8 Å². The molecule has 39 heavy (non-hydrogen) atoms. The summed E-state index contributed by atoms with van der Waals surface area (Å²) in [6, 6.07) is 6.56. The van der Waals surface area contributed by atoms with Crippen LogP contribution in [0.25, 0.3) is 0 Å². The molecule has 0 saturated carbocycles. The van der Waals surface area contributed by atoms with Crippen molar-refractivity contribution in [3.8, 4) is 5.75 Å². The van der Waals surface area contributed by atoms with Gasteiger partial charge in [-0.05, 0) is 45.4 Å². The van der Waals surface area contributed by atoms with Gasteiger partial charge in [-0.25, -0.2) is 18.8 Å². The third-order valence-corrected chi connectivity index (χ3v) is 7.51. The van der Waals surface area contributed by atoms with E-state index in [0.29, 0.717) is 11.3 Å². The van der Waals surface area contributed by atoms with Crippen LogP contribution in [0, 0.1) is 0 Å². The molecule has 6 atom stereocenters. The smallest absolute Gasteiger partial charge is 0.406 e. The Labute approximate surface area is 223 Å². The summed E-state index contributed by atoms with van der Waals surface area (Å²) in [5.41, 5.74) is -3.53. The second-order valence-electron chi connectivity index (χ2n) is 9.39. The maximum absolute atomic E-state index is 15.5. The number of aliphatic hydroxyl groups is 1. The predicted octanol–water partition coefficient (Wildman–Crippen LogP) is 1.80. The van der Waals surface area contributed by atoms with Gasteiger partial charge in [0, 0.05) is 12.3 Å². The summed E-state index contributed by atoms with van der Waals surface area (Å²) in [7, 11) is -2.79. The molecule has 1 unspecified atom stereocenters. The number of methoxy groups -OCH3 is 1. The highest BCUT2D eigenvalue weighted by Gasteiger charge is 2.55. The number of carbonyl (C=O) groups excluding carboxylic acids is 1. The van der Waals surface area contributed by atoms with Crippen LogP contribution in [0.1, 0.15) is 39.5 Å². The first-order valence-electron chi connectivity index (χ1n) is 12.1. The quantitative estimate of drug-likeness (QED) is 0.250. The molecular formula is C24H33FN3O10P. The van der Waals surface area contributed by atoms with Gasteiger partial charge in [0.2, 0.25) is 0 Å². The van der Waals surface area contributed by atoms with E-state index < -0.39 is 67.8 Å². The lowest BCUT2D eigenvalue weighted by Crippen LogP contribution is -2.43. The average Bonchev–Trinajstić information content (AvgIpc) is 3.09. The Hall–Kier alpha value is -2.87. The molecule has 1 aromatic heterocycles. The van der Waals surface area contributed by atoms with Gasteiger partial charge >= 0.3 is 19.4 Å². The fourth-order valence-corrected chi connectivity index (χ4v) is 5.22. The van der Waals surface area contributed by atoms with Crippen LogP contribution in [0.2, 0.25) is 0 Å². The van der Waals surface area contributed by atoms with Crippen LogP contribution in [0.4, 0.5) is 4.39 Å². The molecule has 15 heteroatoms. The molecule has 0 spiro atoms. The van der Waals surface area contributed by atoms with Crippen molar-refractivity contribution >= 4 is 13.7 Å². The second-order valence-corrected chi connectivity index (χ2v) is 11.2. The van der Waals surface area contributed by atoms with Crippen LogP contribution in [-0.4, -0.2) is 64.4 Å². The molecular weight excluding hydrogens is 540 g/mol. The number of nitrogens with zero attached hydrogens (tertiary/aromatic N) is 1. The van der Waals surface area contributed by atoms with Crippen molar-refractivity contribution in [1.29, 1.82) is 0 Å². The number of aromatic nitrogens is 2. The van der Waals surface area contributed by atoms with Crippen molar-refractivity contribution in [2.75, 3.05) is 13.7 Å². The number of esters is 1. The molecule has 0 radical (unpaired) electrons. The van der Waals surface area contributed by atoms with Crippen molar-refractivity contribution in [1.82, 2.24) is 14.6 Å². The maximum atomic E-state index is 15.5. The van der Waals surface area contributed by atoms with E-state index in [1.165, 1.54) is 14.0 Å². The van der Waals surface area contributed by atoms with Crippen molar-refractivity contribution < 1.29 is 42.1 Å². The van der Waals surface area contributed by atoms with Gasteiger partial charge < -0.3 is 19.3 Å². The van der Waals surface area contributed by atoms with E-state index in [1.54, 1.807) is 38.1 Å². The molecule has 0 aliphatic carbocycles. The largest absolute Gasteiger partial charge is 0.497 e. The number of H-pyrrole nitrogens is 1. The first-order chi connectivity index (χ1) is 18.3. The monoisotopic (exact) mass is 573 g/mol. The Morgan fingerprint density at radius 2 is 1.90 bits per heavy atom. The predicted molar refractivity (Wildman–Crippen MR) is 136 cm³/mol. The van der Waals surface area contributed by atoms with Crippen LogP contribution in [0.5, 0.6) is 5.75 Å². The number of hydrogen-bond acceptors (Lipinski definition) is 10. The van der Waals surface area contributed by atoms with Crippen LogP contribution in [0.15, 0.2) is 46.1 Å². The van der Waals surface area contributed by atoms with Gasteiger partial charge in [-0.1, -0.05) is 12.1 Å². The highest BCUT2D eigenvalue weighted by molar-refractivity contribution is 7.51. The summed E-state index contributed by atoms with van der Waals surface area (Å²) < 4.78 is 56.8. The van der Waals surface area contributed by atoms with Gasteiger partial charge in [-0.2, -0.15) is 0 Å². The molecule has 1 fully saturated rings. The van der Waals surface area contributed by atoms with Crippen molar-refractivity contribution in [2.45, 2.75) is 70.6 Å². The Kier molecular flexibility index (Phi) is 9.86. The van der Waals surface area contributed by atoms with Crippen molar-refractivity contribution in [3.63, 3.8) is 0 Å². The van der Waals surface area contributed by atoms with E-state index >= 15 is 4.39 Å². The molecule has 1 aliphatic heterocycles. The summed E-state index contributed by atoms with van der Waals surface area (Å²) in [4.78, 5) is 37.9. The summed E-state index contributed by atoms with van der Waals surface area (Å²) in [5.74, 6) is -0.118. The normalized spacial score (nSPS) is 25.3. The number of aliphatic hydroxyl groups excluding tert-OH is 1. The molecule has 2 aromatic rings. The number of hydrogen-bond donors (Lipinski definition) is 3. The number of benzene rings is 1. The molecule has 2 heterocycles. The van der Waals surface area contributed by atoms with E-state index in [4.69, 9.17) is 23.3 Å². The summed E-state index contributed by atoms with van der Waals surface area (Å²) in [5, 5.41) is 13.1. The van der Waals surface area contributed by atoms with E-state index in [9.17, 15) is 24.1 Å². The van der Waals surface area contributed by atoms with Gasteiger partial charge in [0.05, 0.1) is 26.4 Å². The van der Waals surface area contributed by atoms with E-state index in [1.807, 2.05) is 4.98 Å². The molecule has 0 bridgehead atoms. The highest BCUT2D eigenvalue weighted by Crippen LogP contribution is 2.48. The zero-order chi connectivity index (χ0) is 29.0. The topological polar surface area (TPSA) is 167 Å². The van der Waals surface area contributed by atoms with Crippen LogP contribution >= 0.6 is 7.75 Å². The lowest BCUT2D eigenvalue weighted by Gasteiger charge is -2.25. The van der Waals surface area contributed by atoms with Crippen LogP contribution < -0.4 is 21.1 Å². The second kappa shape index (κ2) is 12.5. The lowest BCUT2D eigenvalue weighted by molar-refractivity contribution is -0.149. The zero-order valence-corrected chi connectivity index (χ0v) is 23.1. The minimum Gasteiger partial charge on any atom is -0.497 e. The average molecular weight is 574 g/mol. The van der Waals surface area contributed by atoms with E-state index in [2.05, 4.69) is 5.09 Å². The number of alkyl halides is 1.